The summed E-state index contributed by atoms with van der Waals surface area (Å²) in [5, 5.41) is 4.27. The fraction of sp³-hybridized carbons (Fsp3) is 0.182. The van der Waals surface area contributed by atoms with Gasteiger partial charge in [0, 0.05) is 6.20 Å². The first-order valence-corrected chi connectivity index (χ1v) is 5.26. The molecule has 2 rings (SSSR count). The molecule has 6 heteroatoms. The average molecular weight is 250 g/mol. The van der Waals surface area contributed by atoms with Gasteiger partial charge >= 0.3 is 5.97 Å². The highest BCUT2D eigenvalue weighted by Gasteiger charge is 2.13. The lowest BCUT2D eigenvalue weighted by atomic mass is 10.3. The number of aromatic nitrogens is 2. The van der Waals surface area contributed by atoms with Gasteiger partial charge in [-0.05, 0) is 13.0 Å². The highest BCUT2D eigenvalue weighted by molar-refractivity contribution is 6.36. The summed E-state index contributed by atoms with van der Waals surface area (Å²) in [5.41, 5.74) is 1.14. The van der Waals surface area contributed by atoms with Crippen molar-refractivity contribution >= 4 is 28.8 Å². The number of halogens is 1. The smallest absolute Gasteiger partial charge is 0.339 e. The maximum atomic E-state index is 11.5. The van der Waals surface area contributed by atoms with E-state index in [4.69, 9.17) is 22.9 Å². The van der Waals surface area contributed by atoms with E-state index in [0.29, 0.717) is 17.7 Å². The fourth-order valence-electron chi connectivity index (χ4n) is 1.42. The van der Waals surface area contributed by atoms with Crippen molar-refractivity contribution in [3.63, 3.8) is 0 Å². The highest BCUT2D eigenvalue weighted by Crippen LogP contribution is 2.29. The van der Waals surface area contributed by atoms with Crippen molar-refractivity contribution in [3.05, 3.63) is 40.5 Å². The zero-order valence-corrected chi connectivity index (χ0v) is 9.73. The number of carbonyl (C=O) groups is 1. The fourth-order valence-corrected chi connectivity index (χ4v) is 1.65. The minimum atomic E-state index is -0.432. The molecule has 0 unspecified atom stereocenters. The molecule has 0 aromatic carbocycles. The lowest BCUT2D eigenvalue weighted by molar-refractivity contribution is 0.0526. The molecule has 0 spiro atoms. The molecule has 17 heavy (non-hydrogen) atoms. The second kappa shape index (κ2) is 4.44. The molecule has 0 N–H and O–H groups in total. The van der Waals surface area contributed by atoms with Crippen molar-refractivity contribution in [2.45, 2.75) is 6.92 Å². The normalized spacial score (nSPS) is 10.2. The Morgan fingerprint density at radius 1 is 1.71 bits per heavy atom. The molecule has 86 valence electrons. The van der Waals surface area contributed by atoms with Crippen molar-refractivity contribution < 1.29 is 9.53 Å². The Morgan fingerprint density at radius 2 is 2.47 bits per heavy atom. The minimum Gasteiger partial charge on any atom is -0.462 e. The Balaban J connectivity index is 2.55. The van der Waals surface area contributed by atoms with Crippen LogP contribution in [0.15, 0.2) is 18.5 Å². The third-order valence-corrected chi connectivity index (χ3v) is 2.57. The zero-order valence-electron chi connectivity index (χ0n) is 8.98. The third-order valence-electron chi connectivity index (χ3n) is 2.19. The largest absolute Gasteiger partial charge is 0.462 e. The molecule has 2 heterocycles. The second-order valence-corrected chi connectivity index (χ2v) is 3.61. The molecule has 0 bridgehead atoms. The number of hydrogen-bond acceptors (Lipinski definition) is 3. The van der Waals surface area contributed by atoms with Gasteiger partial charge in [-0.2, -0.15) is 5.10 Å². The van der Waals surface area contributed by atoms with E-state index >= 15 is 0 Å². The first-order valence-electron chi connectivity index (χ1n) is 4.88. The van der Waals surface area contributed by atoms with Gasteiger partial charge in [0.1, 0.15) is 0 Å². The van der Waals surface area contributed by atoms with Crippen molar-refractivity contribution in [2.75, 3.05) is 6.61 Å². The first-order chi connectivity index (χ1) is 8.17. The molecule has 2 aromatic heterocycles. The van der Waals surface area contributed by atoms with Crippen LogP contribution in [0, 0.1) is 6.57 Å². The van der Waals surface area contributed by atoms with E-state index in [1.807, 2.05) is 0 Å². The van der Waals surface area contributed by atoms with Crippen molar-refractivity contribution in [1.29, 1.82) is 0 Å². The molecule has 0 amide bonds. The van der Waals surface area contributed by atoms with Gasteiger partial charge in [0.2, 0.25) is 5.69 Å². The summed E-state index contributed by atoms with van der Waals surface area (Å²) < 4.78 is 6.32. The molecule has 0 saturated carbocycles. The minimum absolute atomic E-state index is 0.257. The summed E-state index contributed by atoms with van der Waals surface area (Å²) in [7, 11) is 0. The Kier molecular flexibility index (Phi) is 2.98. The molecule has 0 aliphatic rings. The summed E-state index contributed by atoms with van der Waals surface area (Å²) in [6.07, 6.45) is 2.88. The van der Waals surface area contributed by atoms with Crippen molar-refractivity contribution in [2.24, 2.45) is 0 Å². The number of carbonyl (C=O) groups excluding carboxylic acids is 1. The quantitative estimate of drug-likeness (QED) is 0.607. The Hall–Kier alpha value is -2.06. The van der Waals surface area contributed by atoms with Gasteiger partial charge in [-0.1, -0.05) is 11.6 Å². The molecule has 0 radical (unpaired) electrons. The maximum absolute atomic E-state index is 11.5. The van der Waals surface area contributed by atoms with Gasteiger partial charge in [-0.25, -0.2) is 14.2 Å². The summed E-state index contributed by atoms with van der Waals surface area (Å²) in [5.74, 6) is -0.432. The standard InChI is InChI=1S/C11H8ClN3O2/c1-3-17-11(16)7-4-9-10(12)8(13-2)5-14-15(9)6-7/h4-6H,3H2,1H3. The molecular formula is C11H8ClN3O2. The van der Waals surface area contributed by atoms with E-state index in [1.165, 1.54) is 16.9 Å². The Morgan fingerprint density at radius 3 is 3.12 bits per heavy atom. The van der Waals surface area contributed by atoms with Crippen LogP contribution in [-0.4, -0.2) is 22.2 Å². The topological polar surface area (TPSA) is 48.0 Å². The van der Waals surface area contributed by atoms with Crippen LogP contribution in [0.5, 0.6) is 0 Å². The lowest BCUT2D eigenvalue weighted by Gasteiger charge is -1.97. The van der Waals surface area contributed by atoms with Crippen LogP contribution in [0.2, 0.25) is 5.02 Å². The van der Waals surface area contributed by atoms with Crippen LogP contribution in [0.1, 0.15) is 17.3 Å². The molecule has 0 atom stereocenters. The number of rotatable bonds is 2. The highest BCUT2D eigenvalue weighted by atomic mass is 35.5. The second-order valence-electron chi connectivity index (χ2n) is 3.23. The van der Waals surface area contributed by atoms with Gasteiger partial charge in [-0.3, -0.25) is 0 Å². The van der Waals surface area contributed by atoms with Crippen molar-refractivity contribution in [3.8, 4) is 0 Å². The van der Waals surface area contributed by atoms with Crippen LogP contribution in [0.3, 0.4) is 0 Å². The van der Waals surface area contributed by atoms with E-state index in [1.54, 1.807) is 13.0 Å². The molecule has 5 nitrogen and oxygen atoms in total. The van der Waals surface area contributed by atoms with Crippen LogP contribution in [0.4, 0.5) is 5.69 Å². The van der Waals surface area contributed by atoms with Gasteiger partial charge < -0.3 is 4.74 Å². The molecule has 0 fully saturated rings. The van der Waals surface area contributed by atoms with Gasteiger partial charge in [0.25, 0.3) is 0 Å². The summed E-state index contributed by atoms with van der Waals surface area (Å²) in [6, 6.07) is 1.56. The van der Waals surface area contributed by atoms with Crippen LogP contribution in [-0.2, 0) is 4.74 Å². The predicted molar refractivity (Wildman–Crippen MR) is 62.4 cm³/mol. The monoisotopic (exact) mass is 249 g/mol. The molecule has 0 aliphatic carbocycles. The van der Waals surface area contributed by atoms with Gasteiger partial charge in [0.15, 0.2) is 0 Å². The number of hydrogen-bond donors (Lipinski definition) is 0. The Labute approximate surface area is 102 Å². The molecule has 0 aliphatic heterocycles. The first kappa shape index (κ1) is 11.4. The number of ether oxygens (including phenoxy) is 1. The molecular weight excluding hydrogens is 242 g/mol. The van der Waals surface area contributed by atoms with E-state index < -0.39 is 5.97 Å². The van der Waals surface area contributed by atoms with E-state index in [-0.39, 0.29) is 10.7 Å². The number of esters is 1. The SMILES string of the molecule is [C-]#[N+]c1cnn2cc(C(=O)OCC)cc2c1Cl. The molecule has 0 saturated heterocycles. The van der Waals surface area contributed by atoms with E-state index in [9.17, 15) is 4.79 Å². The summed E-state index contributed by atoms with van der Waals surface area (Å²) in [4.78, 5) is 14.7. The maximum Gasteiger partial charge on any atom is 0.339 e. The summed E-state index contributed by atoms with van der Waals surface area (Å²) in [6.45, 7) is 8.95. The lowest BCUT2D eigenvalue weighted by Crippen LogP contribution is -2.02. The van der Waals surface area contributed by atoms with Gasteiger partial charge in [0.05, 0.1) is 35.5 Å². The third kappa shape index (κ3) is 1.95. The predicted octanol–water partition coefficient (Wildman–Crippen LogP) is 2.72. The van der Waals surface area contributed by atoms with E-state index in [0.717, 1.165) is 0 Å². The number of fused-ring (bicyclic) bond motifs is 1. The van der Waals surface area contributed by atoms with Crippen LogP contribution < -0.4 is 0 Å². The Bertz CT molecular complexity index is 627. The van der Waals surface area contributed by atoms with Crippen molar-refractivity contribution in [1.82, 2.24) is 9.61 Å². The number of nitrogens with zero attached hydrogens (tertiary/aromatic N) is 3. The summed E-state index contributed by atoms with van der Waals surface area (Å²) >= 11 is 6.01. The zero-order chi connectivity index (χ0) is 12.4. The van der Waals surface area contributed by atoms with Crippen LogP contribution in [0.25, 0.3) is 10.4 Å². The van der Waals surface area contributed by atoms with Crippen LogP contribution >= 0.6 is 11.6 Å². The van der Waals surface area contributed by atoms with Gasteiger partial charge in [-0.15, -0.1) is 0 Å². The average Bonchev–Trinajstić information content (AvgIpc) is 2.75. The van der Waals surface area contributed by atoms with E-state index in [2.05, 4.69) is 9.94 Å². The molecule has 2 aromatic rings.